The summed E-state index contributed by atoms with van der Waals surface area (Å²) >= 11 is 6.83. The molecule has 43 heavy (non-hydrogen) atoms. The van der Waals surface area contributed by atoms with Crippen LogP contribution >= 0.6 is 11.6 Å². The first-order valence-corrected chi connectivity index (χ1v) is 17.0. The third-order valence-corrected chi connectivity index (χ3v) is 11.6. The molecule has 0 amide bonds. The average molecular weight is 620 g/mol. The zero-order valence-corrected chi connectivity index (χ0v) is 29.4. The minimum Gasteiger partial charge on any atom is -0.376 e. The van der Waals surface area contributed by atoms with Gasteiger partial charge in [-0.25, -0.2) is 0 Å². The molecule has 0 radical (unpaired) electrons. The van der Waals surface area contributed by atoms with Crippen LogP contribution in [0.15, 0.2) is 0 Å². The lowest BCUT2D eigenvalue weighted by atomic mass is 9.77. The Balaban J connectivity index is 1.54. The molecule has 2 atom stereocenters. The van der Waals surface area contributed by atoms with Gasteiger partial charge in [0, 0.05) is 60.5 Å². The summed E-state index contributed by atoms with van der Waals surface area (Å²) in [4.78, 5) is 24.8. The summed E-state index contributed by atoms with van der Waals surface area (Å²) in [6, 6.07) is 0.508. The van der Waals surface area contributed by atoms with E-state index in [0.717, 1.165) is 77.7 Å². The molecule has 0 spiro atoms. The van der Waals surface area contributed by atoms with Crippen LogP contribution in [0.5, 0.6) is 0 Å². The monoisotopic (exact) mass is 619 g/mol. The van der Waals surface area contributed by atoms with Gasteiger partial charge in [-0.05, 0) is 132 Å². The SMILES string of the molecule is CN1C(C)(C)CC(N(CC2CCCO2)c2nc(Cl)nc(N(CC3CCCO3)C3CC(C)(C)N(C)C(C)(C)C3)n2)CC1(C)C. The summed E-state index contributed by atoms with van der Waals surface area (Å²) < 4.78 is 12.4. The first kappa shape index (κ1) is 33.1. The van der Waals surface area contributed by atoms with Crippen LogP contribution in [0.25, 0.3) is 0 Å². The maximum Gasteiger partial charge on any atom is 0.231 e. The summed E-state index contributed by atoms with van der Waals surface area (Å²) in [6.07, 6.45) is 8.70. The van der Waals surface area contributed by atoms with Crippen molar-refractivity contribution in [1.82, 2.24) is 24.8 Å². The number of rotatable bonds is 8. The molecule has 5 rings (SSSR count). The van der Waals surface area contributed by atoms with Crippen LogP contribution in [-0.4, -0.2) is 112 Å². The van der Waals surface area contributed by atoms with Crippen LogP contribution in [0, 0.1) is 0 Å². The molecule has 1 aromatic rings. The highest BCUT2D eigenvalue weighted by molar-refractivity contribution is 6.28. The highest BCUT2D eigenvalue weighted by atomic mass is 35.5. The second-order valence-electron chi connectivity index (χ2n) is 16.3. The minimum atomic E-state index is 0.0258. The van der Waals surface area contributed by atoms with E-state index in [1.165, 1.54) is 0 Å². The van der Waals surface area contributed by atoms with Crippen molar-refractivity contribution in [3.63, 3.8) is 0 Å². The summed E-state index contributed by atoms with van der Waals surface area (Å²) in [5.41, 5.74) is 0.103. The Kier molecular flexibility index (Phi) is 9.36. The average Bonchev–Trinajstić information content (AvgIpc) is 3.61. The van der Waals surface area contributed by atoms with E-state index in [0.29, 0.717) is 11.9 Å². The summed E-state index contributed by atoms with van der Waals surface area (Å²) in [5, 5.41) is 0.257. The van der Waals surface area contributed by atoms with E-state index in [2.05, 4.69) is 89.1 Å². The predicted octanol–water partition coefficient (Wildman–Crippen LogP) is 5.80. The van der Waals surface area contributed by atoms with Crippen molar-refractivity contribution in [3.8, 4) is 0 Å². The zero-order chi connectivity index (χ0) is 31.4. The molecule has 0 bridgehead atoms. The van der Waals surface area contributed by atoms with Crippen LogP contribution in [0.1, 0.15) is 107 Å². The van der Waals surface area contributed by atoms with Gasteiger partial charge in [-0.15, -0.1) is 0 Å². The van der Waals surface area contributed by atoms with Gasteiger partial charge in [0.15, 0.2) is 0 Å². The number of hydrogen-bond donors (Lipinski definition) is 0. The molecule has 4 saturated heterocycles. The molecule has 244 valence electrons. The van der Waals surface area contributed by atoms with E-state index in [1.807, 2.05) is 0 Å². The number of aromatic nitrogens is 3. The lowest BCUT2D eigenvalue weighted by molar-refractivity contribution is -0.0147. The number of likely N-dealkylation sites (tertiary alicyclic amines) is 2. The third-order valence-electron chi connectivity index (χ3n) is 11.4. The molecule has 0 saturated carbocycles. The molecule has 4 fully saturated rings. The van der Waals surface area contributed by atoms with Gasteiger partial charge in [0.2, 0.25) is 17.2 Å². The van der Waals surface area contributed by atoms with E-state index >= 15 is 0 Å². The predicted molar refractivity (Wildman–Crippen MR) is 175 cm³/mol. The van der Waals surface area contributed by atoms with E-state index in [1.54, 1.807) is 0 Å². The maximum absolute atomic E-state index is 6.83. The molecular weight excluding hydrogens is 562 g/mol. The van der Waals surface area contributed by atoms with Gasteiger partial charge in [0.05, 0.1) is 12.2 Å². The fourth-order valence-electron chi connectivity index (χ4n) is 8.47. The number of nitrogens with zero attached hydrogens (tertiary/aromatic N) is 7. The second-order valence-corrected chi connectivity index (χ2v) is 16.6. The lowest BCUT2D eigenvalue weighted by Crippen LogP contribution is -2.63. The molecule has 4 aliphatic rings. The Bertz CT molecular complexity index is 998. The molecule has 0 aromatic carbocycles. The van der Waals surface area contributed by atoms with Crippen LogP contribution < -0.4 is 9.80 Å². The van der Waals surface area contributed by atoms with Gasteiger partial charge < -0.3 is 19.3 Å². The van der Waals surface area contributed by atoms with Gasteiger partial charge in [-0.3, -0.25) is 9.80 Å². The molecule has 4 aliphatic heterocycles. The van der Waals surface area contributed by atoms with Crippen LogP contribution in [-0.2, 0) is 9.47 Å². The standard InChI is InChI=1S/C33H58ClN7O2/c1-30(2)17-23(18-31(3,4)38(30)9)40(21-25-13-11-15-42-25)28-35-27(34)36-29(37-28)41(22-26-14-12-16-43-26)24-19-32(5,6)39(10)33(7,8)20-24/h23-26H,11-22H2,1-10H3. The Hall–Kier alpha value is -1.26. The number of ether oxygens (including phenoxy) is 2. The van der Waals surface area contributed by atoms with E-state index < -0.39 is 0 Å². The topological polar surface area (TPSA) is 70.1 Å². The van der Waals surface area contributed by atoms with Gasteiger partial charge in [-0.2, -0.15) is 15.0 Å². The smallest absolute Gasteiger partial charge is 0.231 e. The third kappa shape index (κ3) is 7.11. The van der Waals surface area contributed by atoms with Gasteiger partial charge in [0.1, 0.15) is 0 Å². The Morgan fingerprint density at radius 3 is 1.30 bits per heavy atom. The van der Waals surface area contributed by atoms with Crippen molar-refractivity contribution >= 4 is 23.5 Å². The second kappa shape index (κ2) is 12.2. The summed E-state index contributed by atoms with van der Waals surface area (Å²) in [5.74, 6) is 1.35. The Morgan fingerprint density at radius 2 is 1.00 bits per heavy atom. The largest absolute Gasteiger partial charge is 0.376 e. The summed E-state index contributed by atoms with van der Waals surface area (Å²) in [6.45, 7) is 22.0. The highest BCUT2D eigenvalue weighted by Gasteiger charge is 2.47. The van der Waals surface area contributed by atoms with Crippen molar-refractivity contribution in [1.29, 1.82) is 0 Å². The molecule has 1 aromatic heterocycles. The van der Waals surface area contributed by atoms with Crippen LogP contribution in [0.3, 0.4) is 0 Å². The highest BCUT2D eigenvalue weighted by Crippen LogP contribution is 2.42. The number of piperidine rings is 2. The van der Waals surface area contributed by atoms with Crippen LogP contribution in [0.4, 0.5) is 11.9 Å². The summed E-state index contributed by atoms with van der Waals surface area (Å²) in [7, 11) is 4.51. The van der Waals surface area contributed by atoms with E-state index in [9.17, 15) is 0 Å². The fourth-order valence-corrected chi connectivity index (χ4v) is 8.62. The molecule has 2 unspecified atom stereocenters. The van der Waals surface area contributed by atoms with Crippen molar-refractivity contribution < 1.29 is 9.47 Å². The number of anilines is 2. The zero-order valence-electron chi connectivity index (χ0n) is 28.6. The lowest BCUT2D eigenvalue weighted by Gasteiger charge is -2.56. The molecule has 9 nitrogen and oxygen atoms in total. The minimum absolute atomic E-state index is 0.0258. The van der Waals surface area contributed by atoms with E-state index in [-0.39, 0.29) is 51.7 Å². The molecule has 10 heteroatoms. The Labute approximate surface area is 266 Å². The molecular formula is C33H58ClN7O2. The van der Waals surface area contributed by atoms with Crippen LogP contribution in [0.2, 0.25) is 5.28 Å². The molecule has 5 heterocycles. The number of halogens is 1. The van der Waals surface area contributed by atoms with Crippen molar-refractivity contribution in [3.05, 3.63) is 5.28 Å². The van der Waals surface area contributed by atoms with Gasteiger partial charge in [0.25, 0.3) is 0 Å². The van der Waals surface area contributed by atoms with Crippen molar-refractivity contribution in [2.24, 2.45) is 0 Å². The first-order valence-electron chi connectivity index (χ1n) is 16.6. The molecule has 0 N–H and O–H groups in total. The molecule has 0 aliphatic carbocycles. The fraction of sp³-hybridized carbons (Fsp3) is 0.909. The number of hydrogen-bond acceptors (Lipinski definition) is 9. The normalized spacial score (nSPS) is 29.7. The van der Waals surface area contributed by atoms with Gasteiger partial charge in [-0.1, -0.05) is 0 Å². The van der Waals surface area contributed by atoms with E-state index in [4.69, 9.17) is 36.0 Å². The maximum atomic E-state index is 6.83. The Morgan fingerprint density at radius 1 is 0.651 bits per heavy atom. The van der Waals surface area contributed by atoms with Crippen molar-refractivity contribution in [2.45, 2.75) is 153 Å². The van der Waals surface area contributed by atoms with Crippen molar-refractivity contribution in [2.75, 3.05) is 50.2 Å². The quantitative estimate of drug-likeness (QED) is 0.359. The van der Waals surface area contributed by atoms with Gasteiger partial charge >= 0.3 is 0 Å². The first-order chi connectivity index (χ1) is 20.0.